The van der Waals surface area contributed by atoms with Crippen LogP contribution >= 0.6 is 0 Å². The summed E-state index contributed by atoms with van der Waals surface area (Å²) in [6, 6.07) is 0. The average Bonchev–Trinajstić information content (AvgIpc) is 2.76. The maximum absolute atomic E-state index is 11.3. The quantitative estimate of drug-likeness (QED) is 0.630. The highest BCUT2D eigenvalue weighted by molar-refractivity contribution is 5.76. The van der Waals surface area contributed by atoms with Crippen molar-refractivity contribution in [2.75, 3.05) is 13.2 Å². The van der Waals surface area contributed by atoms with Crippen LogP contribution in [0.4, 0.5) is 0 Å². The molecule has 5 nitrogen and oxygen atoms in total. The van der Waals surface area contributed by atoms with E-state index in [0.29, 0.717) is 25.7 Å². The van der Waals surface area contributed by atoms with Crippen LogP contribution in [0.3, 0.4) is 0 Å². The van der Waals surface area contributed by atoms with Crippen molar-refractivity contribution in [2.45, 2.75) is 51.0 Å². The fraction of sp³-hybridized carbons (Fsp3) is 0.833. The Morgan fingerprint density at radius 1 is 1.24 bits per heavy atom. The molecule has 0 spiro atoms. The van der Waals surface area contributed by atoms with Crippen molar-refractivity contribution >= 4 is 11.9 Å². The molecule has 0 radical (unpaired) electrons. The van der Waals surface area contributed by atoms with Crippen molar-refractivity contribution < 1.29 is 19.4 Å². The molecule has 0 atom stereocenters. The number of carbonyl (C=O) groups is 2. The third-order valence-electron chi connectivity index (χ3n) is 2.87. The Bertz CT molecular complexity index is 249. The molecular formula is C12H21NO4. The largest absolute Gasteiger partial charge is 0.481 e. The van der Waals surface area contributed by atoms with Crippen LogP contribution in [-0.2, 0) is 14.3 Å². The molecule has 0 aliphatic heterocycles. The maximum Gasteiger partial charge on any atom is 0.303 e. The molecule has 0 aromatic carbocycles. The average molecular weight is 243 g/mol. The van der Waals surface area contributed by atoms with Gasteiger partial charge in [0.2, 0.25) is 5.91 Å². The second kappa shape index (κ2) is 8.06. The first-order valence-corrected chi connectivity index (χ1v) is 6.28. The van der Waals surface area contributed by atoms with Gasteiger partial charge >= 0.3 is 5.97 Å². The monoisotopic (exact) mass is 243 g/mol. The van der Waals surface area contributed by atoms with E-state index in [2.05, 4.69) is 5.32 Å². The van der Waals surface area contributed by atoms with E-state index < -0.39 is 5.97 Å². The predicted octanol–water partition coefficient (Wildman–Crippen LogP) is 1.32. The Balaban J connectivity index is 1.90. The summed E-state index contributed by atoms with van der Waals surface area (Å²) in [4.78, 5) is 21.5. The van der Waals surface area contributed by atoms with Gasteiger partial charge in [-0.25, -0.2) is 0 Å². The summed E-state index contributed by atoms with van der Waals surface area (Å²) in [5.74, 6) is -0.955. The molecule has 0 aromatic rings. The number of aliphatic carboxylic acids is 1. The topological polar surface area (TPSA) is 75.6 Å². The Morgan fingerprint density at radius 2 is 1.94 bits per heavy atom. The van der Waals surface area contributed by atoms with Gasteiger partial charge in [-0.05, 0) is 19.3 Å². The Kier molecular flexibility index (Phi) is 6.62. The third kappa shape index (κ3) is 6.94. The van der Waals surface area contributed by atoms with Crippen LogP contribution < -0.4 is 5.32 Å². The van der Waals surface area contributed by atoms with Gasteiger partial charge in [0.25, 0.3) is 0 Å². The van der Waals surface area contributed by atoms with E-state index in [1.165, 1.54) is 12.8 Å². The molecule has 5 heteroatoms. The van der Waals surface area contributed by atoms with Crippen LogP contribution in [0.2, 0.25) is 0 Å². The highest BCUT2D eigenvalue weighted by atomic mass is 16.5. The molecule has 1 amide bonds. The van der Waals surface area contributed by atoms with Crippen molar-refractivity contribution in [3.63, 3.8) is 0 Å². The summed E-state index contributed by atoms with van der Waals surface area (Å²) >= 11 is 0. The summed E-state index contributed by atoms with van der Waals surface area (Å²) < 4.78 is 5.59. The lowest BCUT2D eigenvalue weighted by Crippen LogP contribution is -2.28. The van der Waals surface area contributed by atoms with Gasteiger partial charge in [-0.3, -0.25) is 9.59 Å². The molecule has 1 aliphatic carbocycles. The number of carboxylic acid groups (broad SMARTS) is 1. The molecular weight excluding hydrogens is 222 g/mol. The second-order valence-electron chi connectivity index (χ2n) is 4.37. The van der Waals surface area contributed by atoms with Gasteiger partial charge in [0.1, 0.15) is 0 Å². The minimum atomic E-state index is -0.859. The number of nitrogens with one attached hydrogen (secondary N) is 1. The molecule has 2 N–H and O–H groups in total. The fourth-order valence-corrected chi connectivity index (χ4v) is 1.96. The van der Waals surface area contributed by atoms with Crippen molar-refractivity contribution in [3.8, 4) is 0 Å². The number of carbonyl (C=O) groups excluding carboxylic acids is 1. The van der Waals surface area contributed by atoms with E-state index >= 15 is 0 Å². The third-order valence-corrected chi connectivity index (χ3v) is 2.87. The Hall–Kier alpha value is -1.10. The second-order valence-corrected chi connectivity index (χ2v) is 4.37. The van der Waals surface area contributed by atoms with Crippen molar-refractivity contribution in [1.29, 1.82) is 0 Å². The van der Waals surface area contributed by atoms with Crippen molar-refractivity contribution in [3.05, 3.63) is 0 Å². The lowest BCUT2D eigenvalue weighted by Gasteiger charge is -2.11. The summed E-state index contributed by atoms with van der Waals surface area (Å²) in [5.41, 5.74) is 0. The van der Waals surface area contributed by atoms with E-state index in [1.54, 1.807) is 0 Å². The fourth-order valence-electron chi connectivity index (χ4n) is 1.96. The number of ether oxygens (including phenoxy) is 1. The normalized spacial score (nSPS) is 16.0. The number of hydrogen-bond donors (Lipinski definition) is 2. The van der Waals surface area contributed by atoms with Crippen molar-refractivity contribution in [1.82, 2.24) is 5.32 Å². The molecule has 0 bridgehead atoms. The van der Waals surface area contributed by atoms with Gasteiger partial charge in [0.05, 0.1) is 12.7 Å². The molecule has 0 saturated heterocycles. The van der Waals surface area contributed by atoms with Crippen LogP contribution in [0, 0.1) is 0 Å². The minimum absolute atomic E-state index is 0.0476. The van der Waals surface area contributed by atoms with Gasteiger partial charge in [0.15, 0.2) is 0 Å². The molecule has 17 heavy (non-hydrogen) atoms. The summed E-state index contributed by atoms with van der Waals surface area (Å²) in [7, 11) is 0. The lowest BCUT2D eigenvalue weighted by atomic mass is 10.2. The SMILES string of the molecule is O=C(O)CCCC(=O)NCCOC1CCCC1. The van der Waals surface area contributed by atoms with E-state index in [1.807, 2.05) is 0 Å². The Morgan fingerprint density at radius 3 is 2.59 bits per heavy atom. The number of amides is 1. The molecule has 98 valence electrons. The van der Waals surface area contributed by atoms with Crippen LogP contribution in [0.15, 0.2) is 0 Å². The first kappa shape index (κ1) is 14.0. The number of carboxylic acids is 1. The van der Waals surface area contributed by atoms with Gasteiger partial charge in [0, 0.05) is 19.4 Å². The van der Waals surface area contributed by atoms with Crippen LogP contribution in [0.25, 0.3) is 0 Å². The minimum Gasteiger partial charge on any atom is -0.481 e. The van der Waals surface area contributed by atoms with E-state index in [0.717, 1.165) is 12.8 Å². The number of rotatable bonds is 8. The zero-order chi connectivity index (χ0) is 12.5. The van der Waals surface area contributed by atoms with Gasteiger partial charge in [-0.15, -0.1) is 0 Å². The zero-order valence-electron chi connectivity index (χ0n) is 10.1. The first-order chi connectivity index (χ1) is 8.18. The van der Waals surface area contributed by atoms with Gasteiger partial charge < -0.3 is 15.2 Å². The highest BCUT2D eigenvalue weighted by Gasteiger charge is 2.14. The van der Waals surface area contributed by atoms with E-state index in [9.17, 15) is 9.59 Å². The highest BCUT2D eigenvalue weighted by Crippen LogP contribution is 2.20. The smallest absolute Gasteiger partial charge is 0.303 e. The van der Waals surface area contributed by atoms with E-state index in [4.69, 9.17) is 9.84 Å². The Labute approximate surface area is 102 Å². The molecule has 1 saturated carbocycles. The molecule has 0 heterocycles. The van der Waals surface area contributed by atoms with Crippen LogP contribution in [0.5, 0.6) is 0 Å². The standard InChI is InChI=1S/C12H21NO4/c14-11(6-3-7-12(15)16)13-8-9-17-10-4-1-2-5-10/h10H,1-9H2,(H,13,14)(H,15,16). The predicted molar refractivity (Wildman–Crippen MR) is 62.7 cm³/mol. The number of hydrogen-bond acceptors (Lipinski definition) is 3. The first-order valence-electron chi connectivity index (χ1n) is 6.28. The molecule has 1 aliphatic rings. The van der Waals surface area contributed by atoms with Gasteiger partial charge in [-0.1, -0.05) is 12.8 Å². The summed E-state index contributed by atoms with van der Waals surface area (Å²) in [6.07, 6.45) is 5.84. The molecule has 0 unspecified atom stereocenters. The van der Waals surface area contributed by atoms with Crippen LogP contribution in [-0.4, -0.2) is 36.2 Å². The molecule has 0 aromatic heterocycles. The van der Waals surface area contributed by atoms with Crippen LogP contribution in [0.1, 0.15) is 44.9 Å². The lowest BCUT2D eigenvalue weighted by molar-refractivity contribution is -0.137. The summed E-state index contributed by atoms with van der Waals surface area (Å²) in [5, 5.41) is 11.1. The van der Waals surface area contributed by atoms with Gasteiger partial charge in [-0.2, -0.15) is 0 Å². The molecule has 1 fully saturated rings. The van der Waals surface area contributed by atoms with Crippen molar-refractivity contribution in [2.24, 2.45) is 0 Å². The van der Waals surface area contributed by atoms with E-state index in [-0.39, 0.29) is 18.7 Å². The maximum atomic E-state index is 11.3. The molecule has 1 rings (SSSR count). The summed E-state index contributed by atoms with van der Waals surface area (Å²) in [6.45, 7) is 1.07. The zero-order valence-corrected chi connectivity index (χ0v) is 10.1.